The zero-order chi connectivity index (χ0) is 19.6. The Balaban J connectivity index is -0.000000121. The number of allylic oxidation sites excluding steroid dienone is 1. The first-order valence-electron chi connectivity index (χ1n) is 8.47. The predicted molar refractivity (Wildman–Crippen MR) is 103 cm³/mol. The number of nitrogens with one attached hydrogen (secondary N) is 1. The average molecular weight is 331 g/mol. The van der Waals surface area contributed by atoms with Crippen molar-refractivity contribution in [3.8, 4) is 0 Å². The lowest BCUT2D eigenvalue weighted by Crippen LogP contribution is -2.33. The van der Waals surface area contributed by atoms with Crippen LogP contribution in [0.4, 0.5) is 0 Å². The van der Waals surface area contributed by atoms with Crippen LogP contribution in [-0.2, 0) is 9.59 Å². The number of carbonyl (C=O) groups is 2. The second-order valence-electron chi connectivity index (χ2n) is 6.52. The van der Waals surface area contributed by atoms with Crippen LogP contribution in [0.25, 0.3) is 0 Å². The SMILES string of the molecule is C=C(C)NCN(C)C(C)=O.CC.CC(C)C.CCC(C)(C)C=O. The van der Waals surface area contributed by atoms with E-state index in [1.807, 2.05) is 41.5 Å². The van der Waals surface area contributed by atoms with Crippen LogP contribution >= 0.6 is 0 Å². The van der Waals surface area contributed by atoms with Crippen LogP contribution in [0.5, 0.6) is 0 Å². The van der Waals surface area contributed by atoms with E-state index in [1.165, 1.54) is 6.92 Å². The molecule has 140 valence electrons. The molecule has 0 fully saturated rings. The van der Waals surface area contributed by atoms with Crippen molar-refractivity contribution in [1.82, 2.24) is 10.2 Å². The lowest BCUT2D eigenvalue weighted by atomic mass is 9.93. The number of amides is 1. The Labute approximate surface area is 145 Å². The Morgan fingerprint density at radius 1 is 1.22 bits per heavy atom. The third-order valence-electron chi connectivity index (χ3n) is 2.39. The summed E-state index contributed by atoms with van der Waals surface area (Å²) in [6.07, 6.45) is 1.92. The topological polar surface area (TPSA) is 49.4 Å². The molecule has 0 aliphatic rings. The summed E-state index contributed by atoms with van der Waals surface area (Å²) in [5, 5.41) is 2.94. The lowest BCUT2D eigenvalue weighted by molar-refractivity contribution is -0.127. The molecule has 0 saturated heterocycles. The van der Waals surface area contributed by atoms with Gasteiger partial charge in [-0.25, -0.2) is 0 Å². The monoisotopic (exact) mass is 330 g/mol. The third-order valence-corrected chi connectivity index (χ3v) is 2.39. The van der Waals surface area contributed by atoms with Crippen molar-refractivity contribution in [2.24, 2.45) is 11.3 Å². The molecule has 0 aliphatic heterocycles. The van der Waals surface area contributed by atoms with E-state index >= 15 is 0 Å². The molecule has 0 aromatic heterocycles. The van der Waals surface area contributed by atoms with Crippen molar-refractivity contribution in [1.29, 1.82) is 0 Å². The fraction of sp³-hybridized carbons (Fsp3) is 0.789. The van der Waals surface area contributed by atoms with Crippen LogP contribution < -0.4 is 5.32 Å². The van der Waals surface area contributed by atoms with Crippen molar-refractivity contribution >= 4 is 12.2 Å². The first-order valence-corrected chi connectivity index (χ1v) is 8.47. The largest absolute Gasteiger partial charge is 0.372 e. The minimum atomic E-state index is -0.0972. The molecule has 0 rings (SSSR count). The molecule has 0 bridgehead atoms. The predicted octanol–water partition coefficient (Wildman–Crippen LogP) is 4.86. The Morgan fingerprint density at radius 2 is 1.57 bits per heavy atom. The lowest BCUT2D eigenvalue weighted by Gasteiger charge is -2.15. The molecule has 4 nitrogen and oxygen atoms in total. The van der Waals surface area contributed by atoms with Crippen molar-refractivity contribution in [3.05, 3.63) is 12.3 Å². The van der Waals surface area contributed by atoms with Gasteiger partial charge < -0.3 is 15.0 Å². The Kier molecular flexibility index (Phi) is 24.2. The van der Waals surface area contributed by atoms with E-state index in [2.05, 4.69) is 32.7 Å². The highest BCUT2D eigenvalue weighted by molar-refractivity contribution is 5.72. The van der Waals surface area contributed by atoms with Gasteiger partial charge in [0.15, 0.2) is 0 Å². The summed E-state index contributed by atoms with van der Waals surface area (Å²) in [4.78, 5) is 22.2. The molecule has 1 amide bonds. The maximum absolute atomic E-state index is 10.6. The second-order valence-corrected chi connectivity index (χ2v) is 6.52. The van der Waals surface area contributed by atoms with Gasteiger partial charge in [-0.3, -0.25) is 4.79 Å². The molecule has 0 atom stereocenters. The summed E-state index contributed by atoms with van der Waals surface area (Å²) >= 11 is 0. The molecule has 0 aromatic carbocycles. The smallest absolute Gasteiger partial charge is 0.220 e. The molecule has 0 unspecified atom stereocenters. The highest BCUT2D eigenvalue weighted by Crippen LogP contribution is 2.14. The normalized spacial score (nSPS) is 9.04. The molecule has 0 saturated carbocycles. The van der Waals surface area contributed by atoms with E-state index < -0.39 is 0 Å². The zero-order valence-corrected chi connectivity index (χ0v) is 17.5. The number of hydrogen-bond donors (Lipinski definition) is 1. The molecule has 0 heterocycles. The highest BCUT2D eigenvalue weighted by atomic mass is 16.2. The Morgan fingerprint density at radius 3 is 1.70 bits per heavy atom. The molecule has 0 aliphatic carbocycles. The molecular weight excluding hydrogens is 288 g/mol. The zero-order valence-electron chi connectivity index (χ0n) is 17.5. The van der Waals surface area contributed by atoms with Crippen molar-refractivity contribution in [2.75, 3.05) is 13.7 Å². The van der Waals surface area contributed by atoms with E-state index in [0.717, 1.165) is 24.3 Å². The third kappa shape index (κ3) is 38.6. The van der Waals surface area contributed by atoms with Gasteiger partial charge in [-0.15, -0.1) is 0 Å². The van der Waals surface area contributed by atoms with Crippen molar-refractivity contribution < 1.29 is 9.59 Å². The first-order chi connectivity index (χ1) is 10.4. The van der Waals surface area contributed by atoms with Crippen LogP contribution in [0, 0.1) is 11.3 Å². The fourth-order valence-corrected chi connectivity index (χ4v) is 0.448. The van der Waals surface area contributed by atoms with E-state index in [-0.39, 0.29) is 11.3 Å². The van der Waals surface area contributed by atoms with E-state index in [1.54, 1.807) is 11.9 Å². The van der Waals surface area contributed by atoms with Crippen molar-refractivity contribution in [3.63, 3.8) is 0 Å². The van der Waals surface area contributed by atoms with Gasteiger partial charge in [0.25, 0.3) is 0 Å². The van der Waals surface area contributed by atoms with Gasteiger partial charge in [0.2, 0.25) is 5.91 Å². The highest BCUT2D eigenvalue weighted by Gasteiger charge is 2.11. The van der Waals surface area contributed by atoms with Crippen LogP contribution in [0.2, 0.25) is 0 Å². The van der Waals surface area contributed by atoms with E-state index in [9.17, 15) is 9.59 Å². The van der Waals surface area contributed by atoms with Crippen molar-refractivity contribution in [2.45, 2.75) is 75.7 Å². The molecule has 4 heteroatoms. The van der Waals surface area contributed by atoms with Gasteiger partial charge in [-0.2, -0.15) is 0 Å². The fourth-order valence-electron chi connectivity index (χ4n) is 0.448. The van der Waals surface area contributed by atoms with Crippen LogP contribution in [-0.4, -0.2) is 30.8 Å². The maximum atomic E-state index is 10.6. The maximum Gasteiger partial charge on any atom is 0.220 e. The second kappa shape index (κ2) is 18.7. The van der Waals surface area contributed by atoms with Gasteiger partial charge >= 0.3 is 0 Å². The quantitative estimate of drug-likeness (QED) is 0.579. The minimum Gasteiger partial charge on any atom is -0.372 e. The summed E-state index contributed by atoms with van der Waals surface area (Å²) in [5.41, 5.74) is 0.771. The summed E-state index contributed by atoms with van der Waals surface area (Å²) in [6.45, 7) is 23.9. The number of aldehydes is 1. The van der Waals surface area contributed by atoms with Crippen LogP contribution in [0.15, 0.2) is 12.3 Å². The summed E-state index contributed by atoms with van der Waals surface area (Å²) in [7, 11) is 1.73. The van der Waals surface area contributed by atoms with Crippen LogP contribution in [0.3, 0.4) is 0 Å². The molecule has 0 spiro atoms. The minimum absolute atomic E-state index is 0.0498. The van der Waals surface area contributed by atoms with Gasteiger partial charge in [-0.05, 0) is 19.3 Å². The summed E-state index contributed by atoms with van der Waals surface area (Å²) in [6, 6.07) is 0. The molecular formula is C19H42N2O2. The van der Waals surface area contributed by atoms with Crippen LogP contribution in [0.1, 0.15) is 75.7 Å². The molecule has 23 heavy (non-hydrogen) atoms. The number of carbonyl (C=O) groups excluding carboxylic acids is 2. The van der Waals surface area contributed by atoms with Gasteiger partial charge in [0.05, 0.1) is 6.67 Å². The summed E-state index contributed by atoms with van der Waals surface area (Å²) < 4.78 is 0. The average Bonchev–Trinajstić information content (AvgIpc) is 2.46. The van der Waals surface area contributed by atoms with Gasteiger partial charge in [0, 0.05) is 25.1 Å². The Bertz CT molecular complexity index is 295. The number of rotatable bonds is 5. The van der Waals surface area contributed by atoms with Gasteiger partial charge in [-0.1, -0.05) is 62.0 Å². The Hall–Kier alpha value is -1.32. The summed E-state index contributed by atoms with van der Waals surface area (Å²) in [5.74, 6) is 0.883. The first kappa shape index (κ1) is 29.7. The number of nitrogens with zero attached hydrogens (tertiary/aromatic N) is 1. The molecule has 0 radical (unpaired) electrons. The van der Waals surface area contributed by atoms with E-state index in [0.29, 0.717) is 6.67 Å². The molecule has 1 N–H and O–H groups in total. The van der Waals surface area contributed by atoms with E-state index in [4.69, 9.17) is 0 Å². The molecule has 0 aromatic rings. The standard InChI is InChI=1S/C7H14N2O.C6H12O.C4H10.C2H6/c1-6(2)8-5-9(4)7(3)10;1-4-6(2,3)5-7;1-4(2)3;1-2/h8H,1,5H2,2-4H3;5H,4H2,1-3H3;4H,1-3H3;1-2H3. The van der Waals surface area contributed by atoms with Gasteiger partial charge in [0.1, 0.15) is 6.29 Å². The number of hydrogen-bond acceptors (Lipinski definition) is 3.